The molecule has 1 aromatic carbocycles. The lowest BCUT2D eigenvalue weighted by molar-refractivity contribution is -0.149. The molecule has 1 fully saturated rings. The summed E-state index contributed by atoms with van der Waals surface area (Å²) >= 11 is 1.51. The van der Waals surface area contributed by atoms with E-state index < -0.39 is 17.8 Å². The number of amides is 1. The molecule has 1 aliphatic rings. The van der Waals surface area contributed by atoms with Crippen LogP contribution in [0.1, 0.15) is 5.56 Å². The molecule has 0 spiro atoms. The molecule has 1 aliphatic heterocycles. The van der Waals surface area contributed by atoms with E-state index in [1.807, 2.05) is 0 Å². The summed E-state index contributed by atoms with van der Waals surface area (Å²) in [6, 6.07) is 5.25. The molecule has 1 saturated heterocycles. The lowest BCUT2D eigenvalue weighted by Crippen LogP contribution is -2.50. The van der Waals surface area contributed by atoms with Gasteiger partial charge in [-0.15, -0.1) is 0 Å². The molecule has 1 amide bonds. The molecule has 0 aliphatic carbocycles. The Balaban J connectivity index is 2.10. The summed E-state index contributed by atoms with van der Waals surface area (Å²) in [5.41, 5.74) is 0.301. The van der Waals surface area contributed by atoms with Gasteiger partial charge in [-0.1, -0.05) is 18.2 Å². The summed E-state index contributed by atoms with van der Waals surface area (Å²) in [7, 11) is 0. The van der Waals surface area contributed by atoms with E-state index >= 15 is 0 Å². The van der Waals surface area contributed by atoms with Crippen LogP contribution in [0.25, 0.3) is 0 Å². The maximum Gasteiger partial charge on any atom is 0.327 e. The lowest BCUT2D eigenvalue weighted by Gasteiger charge is -2.32. The first kappa shape index (κ1) is 13.9. The number of benzene rings is 1. The molecule has 1 aromatic rings. The van der Waals surface area contributed by atoms with Crippen LogP contribution < -0.4 is 0 Å². The van der Waals surface area contributed by atoms with Crippen molar-refractivity contribution < 1.29 is 19.1 Å². The van der Waals surface area contributed by atoms with Gasteiger partial charge < -0.3 is 10.0 Å². The van der Waals surface area contributed by atoms with E-state index in [-0.39, 0.29) is 12.3 Å². The number of carboxylic acids is 1. The summed E-state index contributed by atoms with van der Waals surface area (Å²) in [4.78, 5) is 24.6. The van der Waals surface area contributed by atoms with Crippen molar-refractivity contribution in [2.45, 2.75) is 12.5 Å². The zero-order chi connectivity index (χ0) is 13.8. The number of aliphatic carboxylic acids is 1. The standard InChI is InChI=1S/C13H14FNO3S/c14-10-4-2-1-3-9(10)7-12(16)15-5-6-19-8-11(15)13(17)18/h1-4,11H,5-8H2,(H,17,18). The second-order valence-electron chi connectivity index (χ2n) is 4.28. The fraction of sp³-hybridized carbons (Fsp3) is 0.385. The average Bonchev–Trinajstić information content (AvgIpc) is 2.41. The Hall–Kier alpha value is -1.56. The Labute approximate surface area is 114 Å². The first-order valence-electron chi connectivity index (χ1n) is 5.93. The molecule has 0 bridgehead atoms. The van der Waals surface area contributed by atoms with Crippen molar-refractivity contribution in [3.63, 3.8) is 0 Å². The van der Waals surface area contributed by atoms with E-state index in [2.05, 4.69) is 0 Å². The second kappa shape index (κ2) is 6.06. The monoisotopic (exact) mass is 283 g/mol. The highest BCUT2D eigenvalue weighted by Crippen LogP contribution is 2.18. The van der Waals surface area contributed by atoms with Gasteiger partial charge in [0.25, 0.3) is 0 Å². The van der Waals surface area contributed by atoms with E-state index in [9.17, 15) is 14.0 Å². The Bertz CT molecular complexity index is 495. The van der Waals surface area contributed by atoms with Crippen LogP contribution in [0.15, 0.2) is 24.3 Å². The zero-order valence-corrected chi connectivity index (χ0v) is 11.0. The molecule has 1 heterocycles. The van der Waals surface area contributed by atoms with Gasteiger partial charge in [-0.3, -0.25) is 4.79 Å². The Morgan fingerprint density at radius 3 is 2.84 bits per heavy atom. The minimum Gasteiger partial charge on any atom is -0.480 e. The predicted octanol–water partition coefficient (Wildman–Crippen LogP) is 1.40. The quantitative estimate of drug-likeness (QED) is 0.911. The van der Waals surface area contributed by atoms with Crippen molar-refractivity contribution in [3.8, 4) is 0 Å². The third kappa shape index (κ3) is 3.26. The van der Waals surface area contributed by atoms with Crippen molar-refractivity contribution in [3.05, 3.63) is 35.6 Å². The Morgan fingerprint density at radius 1 is 1.42 bits per heavy atom. The molecule has 0 saturated carbocycles. The van der Waals surface area contributed by atoms with Gasteiger partial charge >= 0.3 is 5.97 Å². The van der Waals surface area contributed by atoms with Crippen molar-refractivity contribution in [2.24, 2.45) is 0 Å². The van der Waals surface area contributed by atoms with Gasteiger partial charge in [0.2, 0.25) is 5.91 Å². The summed E-state index contributed by atoms with van der Waals surface area (Å²) in [5, 5.41) is 9.10. The maximum atomic E-state index is 13.5. The van der Waals surface area contributed by atoms with Gasteiger partial charge in [-0.25, -0.2) is 9.18 Å². The van der Waals surface area contributed by atoms with Crippen LogP contribution in [0, 0.1) is 5.82 Å². The molecule has 0 aromatic heterocycles. The van der Waals surface area contributed by atoms with Gasteiger partial charge in [-0.2, -0.15) is 11.8 Å². The highest BCUT2D eigenvalue weighted by molar-refractivity contribution is 7.99. The fourth-order valence-corrected chi connectivity index (χ4v) is 3.05. The Kier molecular flexibility index (Phi) is 4.42. The van der Waals surface area contributed by atoms with Gasteiger partial charge in [0, 0.05) is 18.1 Å². The lowest BCUT2D eigenvalue weighted by atomic mass is 10.1. The molecule has 1 N–H and O–H groups in total. The number of nitrogens with zero attached hydrogens (tertiary/aromatic N) is 1. The number of carbonyl (C=O) groups excluding carboxylic acids is 1. The molecule has 0 radical (unpaired) electrons. The molecule has 1 unspecified atom stereocenters. The van der Waals surface area contributed by atoms with Gasteiger partial charge in [0.1, 0.15) is 11.9 Å². The van der Waals surface area contributed by atoms with E-state index in [1.54, 1.807) is 18.2 Å². The minimum absolute atomic E-state index is 0.0961. The molecule has 4 nitrogen and oxygen atoms in total. The van der Waals surface area contributed by atoms with Gasteiger partial charge in [0.15, 0.2) is 0 Å². The van der Waals surface area contributed by atoms with Crippen molar-refractivity contribution in [1.29, 1.82) is 0 Å². The van der Waals surface area contributed by atoms with Crippen LogP contribution >= 0.6 is 11.8 Å². The van der Waals surface area contributed by atoms with Crippen LogP contribution in [0.5, 0.6) is 0 Å². The number of thioether (sulfide) groups is 1. The van der Waals surface area contributed by atoms with Gasteiger partial charge in [0.05, 0.1) is 6.42 Å². The SMILES string of the molecule is O=C(O)C1CSCCN1C(=O)Cc1ccccc1F. The van der Waals surface area contributed by atoms with E-state index in [1.165, 1.54) is 22.7 Å². The summed E-state index contributed by atoms with van der Waals surface area (Å²) in [6.45, 7) is 0.398. The smallest absolute Gasteiger partial charge is 0.327 e. The van der Waals surface area contributed by atoms with Crippen molar-refractivity contribution >= 4 is 23.6 Å². The maximum absolute atomic E-state index is 13.5. The zero-order valence-electron chi connectivity index (χ0n) is 10.2. The summed E-state index contributed by atoms with van der Waals surface area (Å²) in [6.07, 6.45) is -0.0961. The highest BCUT2D eigenvalue weighted by atomic mass is 32.2. The molecule has 2 rings (SSSR count). The number of carboxylic acid groups (broad SMARTS) is 1. The minimum atomic E-state index is -1.01. The van der Waals surface area contributed by atoms with Gasteiger partial charge in [-0.05, 0) is 11.6 Å². The van der Waals surface area contributed by atoms with Crippen LogP contribution in [-0.2, 0) is 16.0 Å². The van der Waals surface area contributed by atoms with E-state index in [4.69, 9.17) is 5.11 Å². The topological polar surface area (TPSA) is 57.6 Å². The average molecular weight is 283 g/mol. The molecule has 19 heavy (non-hydrogen) atoms. The third-order valence-corrected chi connectivity index (χ3v) is 4.06. The van der Waals surface area contributed by atoms with Crippen molar-refractivity contribution in [2.75, 3.05) is 18.1 Å². The second-order valence-corrected chi connectivity index (χ2v) is 5.43. The summed E-state index contributed by atoms with van der Waals surface area (Å²) < 4.78 is 13.5. The van der Waals surface area contributed by atoms with Crippen LogP contribution in [0.3, 0.4) is 0 Å². The molecule has 6 heteroatoms. The Morgan fingerprint density at radius 2 is 2.16 bits per heavy atom. The summed E-state index contributed by atoms with van der Waals surface area (Å²) in [5.74, 6) is -0.675. The van der Waals surface area contributed by atoms with E-state index in [0.29, 0.717) is 23.6 Å². The third-order valence-electron chi connectivity index (χ3n) is 3.03. The fourth-order valence-electron chi connectivity index (χ4n) is 2.01. The first-order valence-corrected chi connectivity index (χ1v) is 7.08. The van der Waals surface area contributed by atoms with Crippen LogP contribution in [-0.4, -0.2) is 46.0 Å². The number of hydrogen-bond acceptors (Lipinski definition) is 3. The highest BCUT2D eigenvalue weighted by Gasteiger charge is 2.32. The van der Waals surface area contributed by atoms with E-state index in [0.717, 1.165) is 0 Å². The number of rotatable bonds is 3. The first-order chi connectivity index (χ1) is 9.09. The number of carbonyl (C=O) groups is 2. The molecular formula is C13H14FNO3S. The normalized spacial score (nSPS) is 19.2. The van der Waals surface area contributed by atoms with Crippen LogP contribution in [0.4, 0.5) is 4.39 Å². The van der Waals surface area contributed by atoms with Crippen molar-refractivity contribution in [1.82, 2.24) is 4.90 Å². The number of halogens is 1. The molecular weight excluding hydrogens is 269 g/mol. The number of hydrogen-bond donors (Lipinski definition) is 1. The molecule has 102 valence electrons. The largest absolute Gasteiger partial charge is 0.480 e. The van der Waals surface area contributed by atoms with Crippen LogP contribution in [0.2, 0.25) is 0 Å². The predicted molar refractivity (Wildman–Crippen MR) is 70.6 cm³/mol. The molecule has 1 atom stereocenters.